The summed E-state index contributed by atoms with van der Waals surface area (Å²) in [5.74, 6) is -0.270. The fraction of sp³-hybridized carbons (Fsp3) is 0.0833. The van der Waals surface area contributed by atoms with Crippen LogP contribution in [0.15, 0.2) is 36.5 Å². The van der Waals surface area contributed by atoms with E-state index in [1.807, 2.05) is 19.3 Å². The Bertz CT molecular complexity index is 518. The lowest BCUT2D eigenvalue weighted by Gasteiger charge is -2.00. The molecular weight excluding hydrogens is 191 g/mol. The number of aromatic nitrogens is 1. The molecule has 0 aliphatic heterocycles. The van der Waals surface area contributed by atoms with Crippen LogP contribution in [0.4, 0.5) is 4.39 Å². The van der Waals surface area contributed by atoms with Crippen molar-refractivity contribution in [2.24, 2.45) is 7.05 Å². The number of hydrogen-bond acceptors (Lipinski definition) is 1. The van der Waals surface area contributed by atoms with Gasteiger partial charge in [-0.15, -0.1) is 0 Å². The average molecular weight is 200 g/mol. The Balaban J connectivity index is 2.55. The van der Waals surface area contributed by atoms with Gasteiger partial charge in [0.1, 0.15) is 17.6 Å². The standard InChI is InChI=1S/C12H9FN2/c1-15-7-6-11(12(15)8-14)9-2-4-10(13)5-3-9/h2-7H,1H3. The van der Waals surface area contributed by atoms with E-state index in [4.69, 9.17) is 5.26 Å². The van der Waals surface area contributed by atoms with E-state index >= 15 is 0 Å². The van der Waals surface area contributed by atoms with Crippen LogP contribution in [0.1, 0.15) is 5.69 Å². The van der Waals surface area contributed by atoms with Crippen LogP contribution in [0.5, 0.6) is 0 Å². The van der Waals surface area contributed by atoms with Crippen molar-refractivity contribution in [2.45, 2.75) is 0 Å². The van der Waals surface area contributed by atoms with E-state index in [9.17, 15) is 4.39 Å². The summed E-state index contributed by atoms with van der Waals surface area (Å²) in [6.07, 6.45) is 1.82. The van der Waals surface area contributed by atoms with E-state index in [2.05, 4.69) is 6.07 Å². The molecule has 0 aliphatic rings. The molecule has 3 heteroatoms. The summed E-state index contributed by atoms with van der Waals surface area (Å²) < 4.78 is 14.5. The largest absolute Gasteiger partial charge is 0.342 e. The maximum atomic E-state index is 12.7. The Labute approximate surface area is 87.2 Å². The Kier molecular flexibility index (Phi) is 2.26. The lowest BCUT2D eigenvalue weighted by atomic mass is 10.1. The first-order valence-electron chi connectivity index (χ1n) is 4.53. The maximum Gasteiger partial charge on any atom is 0.127 e. The van der Waals surface area contributed by atoms with Crippen LogP contribution in [-0.2, 0) is 7.05 Å². The third kappa shape index (κ3) is 1.62. The molecule has 0 spiro atoms. The van der Waals surface area contributed by atoms with E-state index in [1.165, 1.54) is 12.1 Å². The molecule has 0 amide bonds. The molecule has 2 nitrogen and oxygen atoms in total. The number of nitrogens with zero attached hydrogens (tertiary/aromatic N) is 2. The zero-order chi connectivity index (χ0) is 10.8. The van der Waals surface area contributed by atoms with Gasteiger partial charge in [-0.2, -0.15) is 5.26 Å². The smallest absolute Gasteiger partial charge is 0.127 e. The number of rotatable bonds is 1. The third-order valence-corrected chi connectivity index (χ3v) is 2.33. The number of benzene rings is 1. The summed E-state index contributed by atoms with van der Waals surface area (Å²) in [5.41, 5.74) is 2.27. The Morgan fingerprint density at radius 3 is 2.47 bits per heavy atom. The molecule has 1 aromatic carbocycles. The summed E-state index contributed by atoms with van der Waals surface area (Å²) >= 11 is 0. The van der Waals surface area contributed by atoms with Gasteiger partial charge in [0.05, 0.1) is 0 Å². The second kappa shape index (κ2) is 3.58. The second-order valence-electron chi connectivity index (χ2n) is 3.31. The SMILES string of the molecule is Cn1ccc(-c2ccc(F)cc2)c1C#N. The van der Waals surface area contributed by atoms with Gasteiger partial charge in [0.2, 0.25) is 0 Å². The van der Waals surface area contributed by atoms with Crippen molar-refractivity contribution < 1.29 is 4.39 Å². The predicted octanol–water partition coefficient (Wildman–Crippen LogP) is 2.70. The molecule has 0 atom stereocenters. The van der Waals surface area contributed by atoms with Crippen LogP contribution in [0, 0.1) is 17.1 Å². The molecule has 1 aromatic heterocycles. The molecule has 1 heterocycles. The van der Waals surface area contributed by atoms with Gasteiger partial charge >= 0.3 is 0 Å². The van der Waals surface area contributed by atoms with Gasteiger partial charge in [0, 0.05) is 18.8 Å². The summed E-state index contributed by atoms with van der Waals surface area (Å²) in [7, 11) is 1.81. The first kappa shape index (κ1) is 9.47. The van der Waals surface area contributed by atoms with Gasteiger partial charge in [-0.05, 0) is 23.8 Å². The van der Waals surface area contributed by atoms with E-state index in [-0.39, 0.29) is 5.82 Å². The van der Waals surface area contributed by atoms with E-state index in [1.54, 1.807) is 16.7 Å². The molecule has 0 saturated heterocycles. The van der Waals surface area contributed by atoms with Crippen LogP contribution in [0.3, 0.4) is 0 Å². The normalized spacial score (nSPS) is 9.93. The highest BCUT2D eigenvalue weighted by Gasteiger charge is 2.07. The molecular formula is C12H9FN2. The molecule has 2 rings (SSSR count). The average Bonchev–Trinajstić information content (AvgIpc) is 2.61. The second-order valence-corrected chi connectivity index (χ2v) is 3.31. The molecule has 0 N–H and O–H groups in total. The minimum atomic E-state index is -0.270. The first-order valence-corrected chi connectivity index (χ1v) is 4.53. The highest BCUT2D eigenvalue weighted by Crippen LogP contribution is 2.23. The van der Waals surface area contributed by atoms with Gasteiger partial charge in [-0.3, -0.25) is 0 Å². The summed E-state index contributed by atoms with van der Waals surface area (Å²) in [4.78, 5) is 0. The minimum absolute atomic E-state index is 0.270. The monoisotopic (exact) mass is 200 g/mol. The van der Waals surface area contributed by atoms with Crippen molar-refractivity contribution in [1.82, 2.24) is 4.57 Å². The molecule has 0 unspecified atom stereocenters. The van der Waals surface area contributed by atoms with Crippen molar-refractivity contribution >= 4 is 0 Å². The lowest BCUT2D eigenvalue weighted by molar-refractivity contribution is 0.628. The van der Waals surface area contributed by atoms with Crippen molar-refractivity contribution in [3.05, 3.63) is 48.0 Å². The quantitative estimate of drug-likeness (QED) is 0.695. The van der Waals surface area contributed by atoms with Gasteiger partial charge in [-0.1, -0.05) is 12.1 Å². The van der Waals surface area contributed by atoms with Crippen LogP contribution in [0.25, 0.3) is 11.1 Å². The lowest BCUT2D eigenvalue weighted by Crippen LogP contribution is -1.90. The van der Waals surface area contributed by atoms with Crippen molar-refractivity contribution in [1.29, 1.82) is 5.26 Å². The van der Waals surface area contributed by atoms with Gasteiger partial charge in [0.25, 0.3) is 0 Å². The molecule has 0 aliphatic carbocycles. The summed E-state index contributed by atoms with van der Waals surface area (Å²) in [6, 6.07) is 10.1. The molecule has 0 saturated carbocycles. The van der Waals surface area contributed by atoms with Crippen LogP contribution >= 0.6 is 0 Å². The molecule has 2 aromatic rings. The van der Waals surface area contributed by atoms with Gasteiger partial charge in [-0.25, -0.2) is 4.39 Å². The zero-order valence-electron chi connectivity index (χ0n) is 8.24. The van der Waals surface area contributed by atoms with Crippen molar-refractivity contribution in [3.63, 3.8) is 0 Å². The highest BCUT2D eigenvalue weighted by molar-refractivity contribution is 5.69. The molecule has 74 valence electrons. The fourth-order valence-corrected chi connectivity index (χ4v) is 1.53. The first-order chi connectivity index (χ1) is 7.22. The Hall–Kier alpha value is -2.08. The summed E-state index contributed by atoms with van der Waals surface area (Å²) in [6.45, 7) is 0. The topological polar surface area (TPSA) is 28.7 Å². The van der Waals surface area contributed by atoms with E-state index < -0.39 is 0 Å². The molecule has 0 radical (unpaired) electrons. The van der Waals surface area contributed by atoms with E-state index in [0.717, 1.165) is 11.1 Å². The Morgan fingerprint density at radius 1 is 1.20 bits per heavy atom. The van der Waals surface area contributed by atoms with E-state index in [0.29, 0.717) is 5.69 Å². The number of nitriles is 1. The molecule has 15 heavy (non-hydrogen) atoms. The number of halogens is 1. The molecule has 0 bridgehead atoms. The van der Waals surface area contributed by atoms with Gasteiger partial charge in [0.15, 0.2) is 0 Å². The molecule has 0 fully saturated rings. The maximum absolute atomic E-state index is 12.7. The van der Waals surface area contributed by atoms with Crippen LogP contribution in [0.2, 0.25) is 0 Å². The third-order valence-electron chi connectivity index (χ3n) is 2.33. The summed E-state index contributed by atoms with van der Waals surface area (Å²) in [5, 5.41) is 8.96. The fourth-order valence-electron chi connectivity index (χ4n) is 1.53. The minimum Gasteiger partial charge on any atom is -0.342 e. The predicted molar refractivity (Wildman–Crippen MR) is 55.5 cm³/mol. The van der Waals surface area contributed by atoms with Crippen LogP contribution < -0.4 is 0 Å². The highest BCUT2D eigenvalue weighted by atomic mass is 19.1. The number of aryl methyl sites for hydroxylation is 1. The van der Waals surface area contributed by atoms with Crippen molar-refractivity contribution in [3.8, 4) is 17.2 Å². The van der Waals surface area contributed by atoms with Crippen molar-refractivity contribution in [2.75, 3.05) is 0 Å². The van der Waals surface area contributed by atoms with Crippen LogP contribution in [-0.4, -0.2) is 4.57 Å². The van der Waals surface area contributed by atoms with Gasteiger partial charge < -0.3 is 4.57 Å². The Morgan fingerprint density at radius 2 is 1.87 bits per heavy atom. The number of hydrogen-bond donors (Lipinski definition) is 0. The zero-order valence-corrected chi connectivity index (χ0v) is 8.24.